The van der Waals surface area contributed by atoms with Gasteiger partial charge in [0.05, 0.1) is 0 Å². The van der Waals surface area contributed by atoms with Crippen LogP contribution in [0.15, 0.2) is 79.4 Å². The Kier molecular flexibility index (Phi) is 11.2. The van der Waals surface area contributed by atoms with Crippen LogP contribution in [0.3, 0.4) is 0 Å². The van der Waals surface area contributed by atoms with Gasteiger partial charge in [0.2, 0.25) is 0 Å². The van der Waals surface area contributed by atoms with Crippen LogP contribution in [-0.2, 0) is 0 Å². The number of hydrogen-bond donors (Lipinski definition) is 0. The lowest BCUT2D eigenvalue weighted by molar-refractivity contribution is 1.47. The highest BCUT2D eigenvalue weighted by molar-refractivity contribution is 5.76. The predicted octanol–water partition coefficient (Wildman–Crippen LogP) is 7.72. The molecule has 0 amide bonds. The molecule has 0 spiro atoms. The van der Waals surface area contributed by atoms with Gasteiger partial charge in [0.1, 0.15) is 0 Å². The predicted molar refractivity (Wildman–Crippen MR) is 110 cm³/mol. The minimum atomic E-state index is 0. The molecule has 0 heteroatoms. The highest BCUT2D eigenvalue weighted by Crippen LogP contribution is 2.23. The summed E-state index contributed by atoms with van der Waals surface area (Å²) in [4.78, 5) is 0. The summed E-state index contributed by atoms with van der Waals surface area (Å²) >= 11 is 0. The Balaban J connectivity index is 0. The van der Waals surface area contributed by atoms with Crippen LogP contribution in [-0.4, -0.2) is 0 Å². The van der Waals surface area contributed by atoms with Crippen molar-refractivity contribution >= 4 is 5.57 Å². The highest BCUT2D eigenvalue weighted by atomic mass is 14.0. The maximum absolute atomic E-state index is 3.88. The fraction of sp³-hybridized carbons (Fsp3) is 0.217. The van der Waals surface area contributed by atoms with Crippen molar-refractivity contribution in [1.82, 2.24) is 0 Å². The molecule has 0 aliphatic rings. The van der Waals surface area contributed by atoms with Crippen molar-refractivity contribution in [2.45, 2.75) is 36.1 Å². The first-order valence-corrected chi connectivity index (χ1v) is 6.87. The van der Waals surface area contributed by atoms with Gasteiger partial charge in [0.25, 0.3) is 0 Å². The molecular formula is C23H32. The molecule has 0 N–H and O–H groups in total. The van der Waals surface area contributed by atoms with E-state index >= 15 is 0 Å². The molecule has 2 aromatic rings. The van der Waals surface area contributed by atoms with Gasteiger partial charge in [-0.05, 0) is 36.1 Å². The van der Waals surface area contributed by atoms with Crippen molar-refractivity contribution in [3.63, 3.8) is 0 Å². The molecule has 2 rings (SSSR count). The van der Waals surface area contributed by atoms with Crippen LogP contribution >= 0.6 is 0 Å². The van der Waals surface area contributed by atoms with E-state index in [4.69, 9.17) is 0 Å². The van der Waals surface area contributed by atoms with E-state index in [0.717, 1.165) is 5.57 Å². The summed E-state index contributed by atoms with van der Waals surface area (Å²) < 4.78 is 0. The van der Waals surface area contributed by atoms with Crippen molar-refractivity contribution < 1.29 is 0 Å². The van der Waals surface area contributed by atoms with Gasteiger partial charge in [0.15, 0.2) is 0 Å². The molecule has 0 aliphatic heterocycles. The van der Waals surface area contributed by atoms with Crippen LogP contribution in [0.4, 0.5) is 0 Å². The monoisotopic (exact) mass is 308 g/mol. The molecule has 0 aliphatic carbocycles. The van der Waals surface area contributed by atoms with E-state index in [1.54, 1.807) is 0 Å². The minimum absolute atomic E-state index is 0. The van der Waals surface area contributed by atoms with Crippen molar-refractivity contribution in [3.8, 4) is 11.1 Å². The third-order valence-electron chi connectivity index (χ3n) is 3.29. The molecular weight excluding hydrogens is 276 g/mol. The van der Waals surface area contributed by atoms with E-state index in [-0.39, 0.29) is 22.3 Å². The second kappa shape index (κ2) is 11.3. The van der Waals surface area contributed by atoms with Crippen LogP contribution in [0.5, 0.6) is 0 Å². The minimum Gasteiger partial charge on any atom is -0.0984 e. The molecule has 0 atom stereocenters. The van der Waals surface area contributed by atoms with E-state index in [1.807, 2.05) is 25.2 Å². The molecule has 0 radical (unpaired) electrons. The third kappa shape index (κ3) is 6.12. The molecule has 23 heavy (non-hydrogen) atoms. The summed E-state index contributed by atoms with van der Waals surface area (Å²) in [5.74, 6) is 0. The number of benzene rings is 2. The lowest BCUT2D eigenvalue weighted by Gasteiger charge is -2.05. The van der Waals surface area contributed by atoms with Crippen LogP contribution < -0.4 is 0 Å². The average Bonchev–Trinajstić information content (AvgIpc) is 2.49. The van der Waals surface area contributed by atoms with Gasteiger partial charge in [-0.25, -0.2) is 0 Å². The summed E-state index contributed by atoms with van der Waals surface area (Å²) in [6, 6.07) is 17.2. The maximum Gasteiger partial charge on any atom is -0.0184 e. The molecule has 0 nitrogen and oxygen atoms in total. The number of allylic oxidation sites excluding steroid dienone is 5. The normalized spacial score (nSPS) is 10.3. The number of hydrogen-bond acceptors (Lipinski definition) is 0. The van der Waals surface area contributed by atoms with Gasteiger partial charge < -0.3 is 0 Å². The van der Waals surface area contributed by atoms with E-state index in [0.29, 0.717) is 0 Å². The van der Waals surface area contributed by atoms with E-state index < -0.39 is 0 Å². The van der Waals surface area contributed by atoms with Gasteiger partial charge in [-0.15, -0.1) is 0 Å². The Morgan fingerprint density at radius 1 is 0.826 bits per heavy atom. The van der Waals surface area contributed by atoms with Crippen molar-refractivity contribution in [1.29, 1.82) is 0 Å². The quantitative estimate of drug-likeness (QED) is 0.507. The molecule has 0 saturated heterocycles. The third-order valence-corrected chi connectivity index (χ3v) is 3.29. The van der Waals surface area contributed by atoms with E-state index in [1.165, 1.54) is 22.3 Å². The fourth-order valence-corrected chi connectivity index (χ4v) is 2.08. The van der Waals surface area contributed by atoms with Gasteiger partial charge in [-0.2, -0.15) is 0 Å². The van der Waals surface area contributed by atoms with Gasteiger partial charge in [-0.1, -0.05) is 107 Å². The summed E-state index contributed by atoms with van der Waals surface area (Å²) in [7, 11) is 0. The second-order valence-electron chi connectivity index (χ2n) is 4.80. The first-order valence-electron chi connectivity index (χ1n) is 6.87. The molecule has 0 aromatic heterocycles. The SMILES string of the molecule is C.C.C.C=C/C(=C\C=C/C)c1ccc(-c2ccc(C)cc2)cc1. The zero-order chi connectivity index (χ0) is 14.4. The Morgan fingerprint density at radius 3 is 1.74 bits per heavy atom. The molecule has 124 valence electrons. The van der Waals surface area contributed by atoms with Crippen molar-refractivity contribution in [2.24, 2.45) is 0 Å². The Bertz CT molecular complexity index is 623. The molecule has 0 saturated carbocycles. The summed E-state index contributed by atoms with van der Waals surface area (Å²) in [5, 5.41) is 0. The van der Waals surface area contributed by atoms with Gasteiger partial charge in [0, 0.05) is 0 Å². The zero-order valence-electron chi connectivity index (χ0n) is 12.1. The Hall–Kier alpha value is -2.34. The zero-order valence-corrected chi connectivity index (χ0v) is 12.1. The largest absolute Gasteiger partial charge is 0.0984 e. The van der Waals surface area contributed by atoms with Crippen molar-refractivity contribution in [3.05, 3.63) is 90.5 Å². The fourth-order valence-electron chi connectivity index (χ4n) is 2.08. The van der Waals surface area contributed by atoms with E-state index in [9.17, 15) is 0 Å². The smallest absolute Gasteiger partial charge is 0.0184 e. The van der Waals surface area contributed by atoms with Gasteiger partial charge in [-0.3, -0.25) is 0 Å². The first kappa shape index (κ1) is 22.9. The van der Waals surface area contributed by atoms with Crippen LogP contribution in [0.2, 0.25) is 0 Å². The standard InChI is InChI=1S/C20H20.3CH4/c1-4-6-7-17(5-2)18-12-14-20(15-13-18)19-10-8-16(3)9-11-19;;;/h4-15H,2H2,1,3H3;3*1H4/b6-4-,17-7+;;;. The van der Waals surface area contributed by atoms with Crippen LogP contribution in [0, 0.1) is 6.92 Å². The number of rotatable bonds is 4. The topological polar surface area (TPSA) is 0 Å². The van der Waals surface area contributed by atoms with E-state index in [2.05, 4.69) is 68.1 Å². The second-order valence-corrected chi connectivity index (χ2v) is 4.80. The Labute approximate surface area is 143 Å². The lowest BCUT2D eigenvalue weighted by Crippen LogP contribution is -1.83. The lowest BCUT2D eigenvalue weighted by atomic mass is 9.99. The Morgan fingerprint density at radius 2 is 1.30 bits per heavy atom. The summed E-state index contributed by atoms with van der Waals surface area (Å²) in [6.45, 7) is 8.00. The molecule has 0 unspecified atom stereocenters. The van der Waals surface area contributed by atoms with Crippen LogP contribution in [0.25, 0.3) is 16.7 Å². The first-order chi connectivity index (χ1) is 9.74. The summed E-state index contributed by atoms with van der Waals surface area (Å²) in [6.07, 6.45) is 8.02. The van der Waals surface area contributed by atoms with Gasteiger partial charge >= 0.3 is 0 Å². The average molecular weight is 309 g/mol. The molecule has 0 heterocycles. The molecule has 2 aromatic carbocycles. The van der Waals surface area contributed by atoms with Crippen LogP contribution in [0.1, 0.15) is 40.3 Å². The number of aryl methyl sites for hydroxylation is 1. The van der Waals surface area contributed by atoms with Crippen molar-refractivity contribution in [2.75, 3.05) is 0 Å². The molecule has 0 bridgehead atoms. The summed E-state index contributed by atoms with van der Waals surface area (Å²) in [5.41, 5.74) is 6.10. The maximum atomic E-state index is 3.88. The molecule has 0 fully saturated rings. The highest BCUT2D eigenvalue weighted by Gasteiger charge is 2.00.